The van der Waals surface area contributed by atoms with E-state index in [-0.39, 0.29) is 11.5 Å². The largest absolute Gasteiger partial charge is 0.486 e. The zero-order valence-electron chi connectivity index (χ0n) is 17.7. The summed E-state index contributed by atoms with van der Waals surface area (Å²) >= 11 is 0. The molecule has 2 aliphatic heterocycles. The first-order chi connectivity index (χ1) is 15.2. The number of aromatic nitrogens is 3. The Kier molecular flexibility index (Phi) is 4.45. The highest BCUT2D eigenvalue weighted by Gasteiger charge is 2.45. The first kappa shape index (κ1) is 18.8. The molecule has 1 atom stereocenters. The van der Waals surface area contributed by atoms with Gasteiger partial charge in [-0.15, -0.1) is 0 Å². The third-order valence-corrected chi connectivity index (χ3v) is 7.05. The highest BCUT2D eigenvalue weighted by Crippen LogP contribution is 2.52. The van der Waals surface area contributed by atoms with E-state index in [1.54, 1.807) is 6.20 Å². The highest BCUT2D eigenvalue weighted by molar-refractivity contribution is 5.53. The van der Waals surface area contributed by atoms with Crippen LogP contribution in [0.3, 0.4) is 0 Å². The normalized spacial score (nSPS) is 21.9. The maximum atomic E-state index is 5.92. The zero-order valence-corrected chi connectivity index (χ0v) is 17.7. The molecule has 160 valence electrons. The molecular weight excluding hydrogens is 392 g/mol. The van der Waals surface area contributed by atoms with Gasteiger partial charge in [0.05, 0.1) is 6.54 Å². The number of hydrogen-bond acceptors (Lipinski definition) is 7. The van der Waals surface area contributed by atoms with Crippen molar-refractivity contribution in [3.63, 3.8) is 0 Å². The third-order valence-electron chi connectivity index (χ3n) is 7.05. The molecule has 0 saturated heterocycles. The first-order valence-electron chi connectivity index (χ1n) is 11.1. The zero-order chi connectivity index (χ0) is 20.8. The smallest absolute Gasteiger partial charge is 0.241 e. The molecular formula is C24H26N4O3. The van der Waals surface area contributed by atoms with Crippen LogP contribution in [0.4, 0.5) is 0 Å². The topological polar surface area (TPSA) is 73.5 Å². The summed E-state index contributed by atoms with van der Waals surface area (Å²) in [7, 11) is 0. The van der Waals surface area contributed by atoms with E-state index in [2.05, 4.69) is 39.1 Å². The van der Waals surface area contributed by atoms with Gasteiger partial charge in [-0.1, -0.05) is 24.1 Å². The fourth-order valence-electron chi connectivity index (χ4n) is 5.48. The molecule has 0 radical (unpaired) electrons. The SMILES string of the molecule is CC1c2cc3c(cc2C2(CCCC2)CN1Cc1nc(-c2ccccn2)no1)OCCO3. The fourth-order valence-corrected chi connectivity index (χ4v) is 5.48. The monoisotopic (exact) mass is 418 g/mol. The molecule has 1 spiro atoms. The van der Waals surface area contributed by atoms with Gasteiger partial charge in [-0.25, -0.2) is 0 Å². The lowest BCUT2D eigenvalue weighted by Gasteiger charge is -2.46. The second-order valence-electron chi connectivity index (χ2n) is 8.88. The Morgan fingerprint density at radius 3 is 2.68 bits per heavy atom. The molecule has 1 aliphatic carbocycles. The van der Waals surface area contributed by atoms with Crippen LogP contribution in [0.2, 0.25) is 0 Å². The van der Waals surface area contributed by atoms with Gasteiger partial charge in [-0.05, 0) is 55.2 Å². The van der Waals surface area contributed by atoms with Gasteiger partial charge < -0.3 is 14.0 Å². The summed E-state index contributed by atoms with van der Waals surface area (Å²) < 4.78 is 17.4. The number of ether oxygens (including phenoxy) is 2. The first-order valence-corrected chi connectivity index (χ1v) is 11.1. The summed E-state index contributed by atoms with van der Waals surface area (Å²) in [4.78, 5) is 11.4. The van der Waals surface area contributed by atoms with Crippen molar-refractivity contribution < 1.29 is 14.0 Å². The quantitative estimate of drug-likeness (QED) is 0.628. The standard InChI is InChI=1S/C24H26N4O3/c1-16-17-12-20-21(30-11-10-29-20)13-18(17)24(7-3-4-8-24)15-28(16)14-22-26-23(27-31-22)19-6-2-5-9-25-19/h2,5-6,9,12-13,16H,3-4,7-8,10-11,14-15H2,1H3. The molecule has 4 heterocycles. The third kappa shape index (κ3) is 3.19. The summed E-state index contributed by atoms with van der Waals surface area (Å²) in [5, 5.41) is 4.16. The van der Waals surface area contributed by atoms with Crippen LogP contribution in [0.1, 0.15) is 55.7 Å². The van der Waals surface area contributed by atoms with Gasteiger partial charge >= 0.3 is 0 Å². The Balaban J connectivity index is 1.34. The van der Waals surface area contributed by atoms with Gasteiger partial charge in [0.15, 0.2) is 11.5 Å². The van der Waals surface area contributed by atoms with E-state index in [4.69, 9.17) is 14.0 Å². The average molecular weight is 418 g/mol. The Morgan fingerprint density at radius 1 is 1.10 bits per heavy atom. The molecule has 1 saturated carbocycles. The maximum absolute atomic E-state index is 5.92. The number of pyridine rings is 1. The van der Waals surface area contributed by atoms with Crippen molar-refractivity contribution in [2.45, 2.75) is 50.6 Å². The minimum absolute atomic E-state index is 0.154. The van der Waals surface area contributed by atoms with E-state index >= 15 is 0 Å². The van der Waals surface area contributed by atoms with E-state index in [0.29, 0.717) is 31.5 Å². The lowest BCUT2D eigenvalue weighted by atomic mass is 9.71. The second kappa shape index (κ2) is 7.34. The molecule has 1 unspecified atom stereocenters. The minimum Gasteiger partial charge on any atom is -0.486 e. The lowest BCUT2D eigenvalue weighted by Crippen LogP contribution is -2.45. The van der Waals surface area contributed by atoms with Crippen LogP contribution < -0.4 is 9.47 Å². The van der Waals surface area contributed by atoms with Crippen LogP contribution in [0, 0.1) is 0 Å². The molecule has 1 aromatic carbocycles. The van der Waals surface area contributed by atoms with Gasteiger partial charge in [-0.3, -0.25) is 9.88 Å². The molecule has 0 N–H and O–H groups in total. The van der Waals surface area contributed by atoms with E-state index in [0.717, 1.165) is 23.7 Å². The van der Waals surface area contributed by atoms with E-state index in [1.807, 2.05) is 18.2 Å². The lowest BCUT2D eigenvalue weighted by molar-refractivity contribution is 0.111. The summed E-state index contributed by atoms with van der Waals surface area (Å²) in [5.74, 6) is 2.92. The van der Waals surface area contributed by atoms with Crippen LogP contribution in [0.25, 0.3) is 11.5 Å². The number of nitrogens with zero attached hydrogens (tertiary/aromatic N) is 4. The molecule has 1 fully saturated rings. The average Bonchev–Trinajstić information content (AvgIpc) is 3.48. The Morgan fingerprint density at radius 2 is 1.90 bits per heavy atom. The summed E-state index contributed by atoms with van der Waals surface area (Å²) in [5.41, 5.74) is 3.66. The van der Waals surface area contributed by atoms with Gasteiger partial charge in [-0.2, -0.15) is 4.98 Å². The van der Waals surface area contributed by atoms with Crippen molar-refractivity contribution in [3.8, 4) is 23.0 Å². The molecule has 0 bridgehead atoms. The van der Waals surface area contributed by atoms with Crippen molar-refractivity contribution in [1.29, 1.82) is 0 Å². The Labute approximate surface area is 181 Å². The predicted octanol–water partition coefficient (Wildman–Crippen LogP) is 4.29. The predicted molar refractivity (Wildman–Crippen MR) is 114 cm³/mol. The van der Waals surface area contributed by atoms with Crippen molar-refractivity contribution >= 4 is 0 Å². The van der Waals surface area contributed by atoms with Gasteiger partial charge in [0.2, 0.25) is 11.7 Å². The van der Waals surface area contributed by atoms with Crippen molar-refractivity contribution in [2.75, 3.05) is 19.8 Å². The highest BCUT2D eigenvalue weighted by atomic mass is 16.6. The fraction of sp³-hybridized carbons (Fsp3) is 0.458. The summed E-state index contributed by atoms with van der Waals surface area (Å²) in [6, 6.07) is 10.4. The van der Waals surface area contributed by atoms with Gasteiger partial charge in [0.1, 0.15) is 18.9 Å². The number of hydrogen-bond donors (Lipinski definition) is 0. The molecule has 6 rings (SSSR count). The van der Waals surface area contributed by atoms with Crippen LogP contribution in [-0.2, 0) is 12.0 Å². The van der Waals surface area contributed by atoms with Gasteiger partial charge in [0.25, 0.3) is 0 Å². The molecule has 7 nitrogen and oxygen atoms in total. The van der Waals surface area contributed by atoms with E-state index < -0.39 is 0 Å². The van der Waals surface area contributed by atoms with Crippen LogP contribution >= 0.6 is 0 Å². The number of fused-ring (bicyclic) bond motifs is 3. The van der Waals surface area contributed by atoms with Crippen LogP contribution in [0.15, 0.2) is 41.1 Å². The van der Waals surface area contributed by atoms with Crippen molar-refractivity contribution in [1.82, 2.24) is 20.0 Å². The molecule has 3 aromatic rings. The van der Waals surface area contributed by atoms with Crippen LogP contribution in [-0.4, -0.2) is 39.8 Å². The Hall–Kier alpha value is -2.93. The maximum Gasteiger partial charge on any atom is 0.241 e. The van der Waals surface area contributed by atoms with E-state index in [1.165, 1.54) is 36.8 Å². The second-order valence-corrected chi connectivity index (χ2v) is 8.88. The summed E-state index contributed by atoms with van der Waals surface area (Å²) in [6.07, 6.45) is 6.67. The summed E-state index contributed by atoms with van der Waals surface area (Å²) in [6.45, 7) is 5.09. The molecule has 0 amide bonds. The Bertz CT molecular complexity index is 1090. The van der Waals surface area contributed by atoms with Crippen LogP contribution in [0.5, 0.6) is 11.5 Å². The molecule has 31 heavy (non-hydrogen) atoms. The minimum atomic E-state index is 0.154. The molecule has 3 aliphatic rings. The number of benzene rings is 1. The van der Waals surface area contributed by atoms with E-state index in [9.17, 15) is 0 Å². The van der Waals surface area contributed by atoms with Crippen molar-refractivity contribution in [3.05, 3.63) is 53.5 Å². The van der Waals surface area contributed by atoms with Gasteiger partial charge in [0, 0.05) is 24.2 Å². The molecule has 7 heteroatoms. The molecule has 2 aromatic heterocycles. The number of rotatable bonds is 3. The van der Waals surface area contributed by atoms with Crippen molar-refractivity contribution in [2.24, 2.45) is 0 Å².